The van der Waals surface area contributed by atoms with Crippen LogP contribution in [-0.4, -0.2) is 47.9 Å². The number of benzene rings is 3. The van der Waals surface area contributed by atoms with Crippen molar-refractivity contribution < 1.29 is 23.9 Å². The molecule has 0 aliphatic carbocycles. The van der Waals surface area contributed by atoms with Gasteiger partial charge in [-0.3, -0.25) is 14.4 Å². The minimum absolute atomic E-state index is 0.0884. The molecule has 1 aliphatic rings. The van der Waals surface area contributed by atoms with Crippen LogP contribution in [0.3, 0.4) is 0 Å². The van der Waals surface area contributed by atoms with Crippen LogP contribution in [0, 0.1) is 5.92 Å². The van der Waals surface area contributed by atoms with E-state index in [9.17, 15) is 19.2 Å². The zero-order valence-electron chi connectivity index (χ0n) is 25.8. The molecule has 3 aromatic rings. The monoisotopic (exact) mass is 597 g/mol. The average molecular weight is 598 g/mol. The molecular weight excluding hydrogens is 554 g/mol. The van der Waals surface area contributed by atoms with E-state index in [2.05, 4.69) is 22.9 Å². The van der Waals surface area contributed by atoms with Crippen LogP contribution in [0.1, 0.15) is 57.6 Å². The fourth-order valence-corrected chi connectivity index (χ4v) is 5.37. The standard InChI is InChI=1S/C36H43N3O5/c1-4-5-12-24(2)32-23-33(40)38-30(21-27-17-19-29(20-18-27)28-15-10-7-11-16-28)35(42)37-25(3)34(41)39-31(36(43)44-32)22-26-13-8-6-9-14-26/h6-11,13-20,24-25,30-32H,4-5,12,21-23H2,1-3H3,(H,37,42)(H,38,40)(H,39,41)/t24-,25-,30-,31+,32+/m0/s1. The number of carbonyl (C=O) groups is 4. The second-order valence-corrected chi connectivity index (χ2v) is 11.7. The van der Waals surface area contributed by atoms with Gasteiger partial charge in [-0.25, -0.2) is 4.79 Å². The summed E-state index contributed by atoms with van der Waals surface area (Å²) in [6.45, 7) is 5.60. The van der Waals surface area contributed by atoms with Crippen LogP contribution >= 0.6 is 0 Å². The van der Waals surface area contributed by atoms with E-state index in [1.807, 2.05) is 91.9 Å². The van der Waals surface area contributed by atoms with E-state index in [4.69, 9.17) is 4.74 Å². The molecular formula is C36H43N3O5. The van der Waals surface area contributed by atoms with Crippen molar-refractivity contribution in [1.82, 2.24) is 16.0 Å². The highest BCUT2D eigenvalue weighted by atomic mass is 16.5. The summed E-state index contributed by atoms with van der Waals surface area (Å²) in [6.07, 6.45) is 2.30. The molecule has 1 saturated heterocycles. The maximum atomic E-state index is 13.5. The summed E-state index contributed by atoms with van der Waals surface area (Å²) in [5, 5.41) is 8.40. The SMILES string of the molecule is CCCC[C@H](C)[C@H]1CC(=O)N[C@@H](Cc2ccc(-c3ccccc3)cc2)C(=O)N[C@@H](C)C(=O)N[C@H](Cc2ccccc2)C(=O)O1. The van der Waals surface area contributed by atoms with Gasteiger partial charge in [0, 0.05) is 12.8 Å². The van der Waals surface area contributed by atoms with Gasteiger partial charge < -0.3 is 20.7 Å². The van der Waals surface area contributed by atoms with E-state index in [-0.39, 0.29) is 25.2 Å². The molecule has 3 aromatic carbocycles. The Labute approximate surface area is 260 Å². The van der Waals surface area contributed by atoms with Crippen LogP contribution in [0.2, 0.25) is 0 Å². The molecule has 5 atom stereocenters. The van der Waals surface area contributed by atoms with Crippen molar-refractivity contribution in [2.75, 3.05) is 0 Å². The number of ether oxygens (including phenoxy) is 1. The highest BCUT2D eigenvalue weighted by Gasteiger charge is 2.33. The Morgan fingerprint density at radius 3 is 1.98 bits per heavy atom. The van der Waals surface area contributed by atoms with E-state index in [1.54, 1.807) is 6.92 Å². The molecule has 0 radical (unpaired) electrons. The van der Waals surface area contributed by atoms with Crippen molar-refractivity contribution in [1.29, 1.82) is 0 Å². The third-order valence-electron chi connectivity index (χ3n) is 8.09. The highest BCUT2D eigenvalue weighted by molar-refractivity contribution is 5.94. The summed E-state index contributed by atoms with van der Waals surface area (Å²) in [4.78, 5) is 53.7. The van der Waals surface area contributed by atoms with Gasteiger partial charge in [0.1, 0.15) is 24.2 Å². The van der Waals surface area contributed by atoms with Gasteiger partial charge in [0.25, 0.3) is 0 Å². The van der Waals surface area contributed by atoms with Gasteiger partial charge >= 0.3 is 5.97 Å². The quantitative estimate of drug-likeness (QED) is 0.308. The van der Waals surface area contributed by atoms with Crippen molar-refractivity contribution in [3.8, 4) is 11.1 Å². The first-order valence-corrected chi connectivity index (χ1v) is 15.5. The molecule has 3 amide bonds. The fourth-order valence-electron chi connectivity index (χ4n) is 5.37. The van der Waals surface area contributed by atoms with Crippen molar-refractivity contribution in [2.45, 2.75) is 83.5 Å². The number of hydrogen-bond acceptors (Lipinski definition) is 5. The van der Waals surface area contributed by atoms with Crippen LogP contribution in [-0.2, 0) is 36.8 Å². The molecule has 1 aliphatic heterocycles. The third-order valence-corrected chi connectivity index (χ3v) is 8.09. The zero-order chi connectivity index (χ0) is 31.5. The second kappa shape index (κ2) is 15.8. The molecule has 1 fully saturated rings. The van der Waals surface area contributed by atoms with E-state index < -0.39 is 47.9 Å². The number of hydrogen-bond donors (Lipinski definition) is 3. The van der Waals surface area contributed by atoms with Gasteiger partial charge in [-0.2, -0.15) is 0 Å². The smallest absolute Gasteiger partial charge is 0.329 e. The fraction of sp³-hybridized carbons (Fsp3) is 0.389. The van der Waals surface area contributed by atoms with Crippen LogP contribution in [0.15, 0.2) is 84.9 Å². The Morgan fingerprint density at radius 2 is 1.32 bits per heavy atom. The molecule has 0 saturated carbocycles. The number of carbonyl (C=O) groups excluding carboxylic acids is 4. The summed E-state index contributed by atoms with van der Waals surface area (Å²) in [6, 6.07) is 24.3. The van der Waals surface area contributed by atoms with Gasteiger partial charge in [-0.15, -0.1) is 0 Å². The molecule has 4 rings (SSSR count). The maximum Gasteiger partial charge on any atom is 0.329 e. The van der Waals surface area contributed by atoms with Crippen molar-refractivity contribution in [3.05, 3.63) is 96.1 Å². The third kappa shape index (κ3) is 9.27. The maximum absolute atomic E-state index is 13.5. The Bertz CT molecular complexity index is 1390. The van der Waals surface area contributed by atoms with Crippen molar-refractivity contribution >= 4 is 23.7 Å². The summed E-state index contributed by atoms with van der Waals surface area (Å²) in [5.41, 5.74) is 3.82. The van der Waals surface area contributed by atoms with Gasteiger partial charge in [-0.05, 0) is 41.5 Å². The number of esters is 1. The Balaban J connectivity index is 1.58. The van der Waals surface area contributed by atoms with E-state index in [0.717, 1.165) is 41.5 Å². The lowest BCUT2D eigenvalue weighted by Gasteiger charge is -2.27. The van der Waals surface area contributed by atoms with Crippen LogP contribution in [0.4, 0.5) is 0 Å². The average Bonchev–Trinajstić information content (AvgIpc) is 3.03. The number of amides is 3. The summed E-state index contributed by atoms with van der Waals surface area (Å²) >= 11 is 0. The molecule has 1 heterocycles. The molecule has 8 heteroatoms. The molecule has 0 bridgehead atoms. The molecule has 0 aromatic heterocycles. The molecule has 0 unspecified atom stereocenters. The van der Waals surface area contributed by atoms with E-state index >= 15 is 0 Å². The molecule has 8 nitrogen and oxygen atoms in total. The lowest BCUT2D eigenvalue weighted by atomic mass is 9.95. The number of nitrogens with one attached hydrogen (secondary N) is 3. The minimum atomic E-state index is -0.979. The Hall–Kier alpha value is -4.46. The van der Waals surface area contributed by atoms with E-state index in [1.165, 1.54) is 0 Å². The number of cyclic esters (lactones) is 1. The Kier molecular flexibility index (Phi) is 11.7. The summed E-state index contributed by atoms with van der Waals surface area (Å²) in [5.74, 6) is -2.08. The minimum Gasteiger partial charge on any atom is -0.460 e. The second-order valence-electron chi connectivity index (χ2n) is 11.7. The van der Waals surface area contributed by atoms with Crippen molar-refractivity contribution in [2.24, 2.45) is 5.92 Å². The zero-order valence-corrected chi connectivity index (χ0v) is 25.8. The first-order valence-electron chi connectivity index (χ1n) is 15.5. The number of rotatable bonds is 9. The predicted molar refractivity (Wildman–Crippen MR) is 170 cm³/mol. The summed E-state index contributed by atoms with van der Waals surface area (Å²) in [7, 11) is 0. The van der Waals surface area contributed by atoms with Crippen LogP contribution < -0.4 is 16.0 Å². The van der Waals surface area contributed by atoms with Gasteiger partial charge in [0.15, 0.2) is 0 Å². The summed E-state index contributed by atoms with van der Waals surface area (Å²) < 4.78 is 5.98. The van der Waals surface area contributed by atoms with Gasteiger partial charge in [-0.1, -0.05) is 112 Å². The topological polar surface area (TPSA) is 114 Å². The number of unbranched alkanes of at least 4 members (excludes halogenated alkanes) is 1. The largest absolute Gasteiger partial charge is 0.460 e. The van der Waals surface area contributed by atoms with Crippen LogP contribution in [0.25, 0.3) is 11.1 Å². The van der Waals surface area contributed by atoms with Crippen LogP contribution in [0.5, 0.6) is 0 Å². The lowest BCUT2D eigenvalue weighted by molar-refractivity contribution is -0.157. The van der Waals surface area contributed by atoms with Gasteiger partial charge in [0.2, 0.25) is 17.7 Å². The Morgan fingerprint density at radius 1 is 0.727 bits per heavy atom. The van der Waals surface area contributed by atoms with Gasteiger partial charge in [0.05, 0.1) is 6.42 Å². The van der Waals surface area contributed by atoms with Crippen molar-refractivity contribution in [3.63, 3.8) is 0 Å². The molecule has 232 valence electrons. The normalized spacial score (nSPS) is 22.2. The predicted octanol–water partition coefficient (Wildman–Crippen LogP) is 4.75. The molecule has 44 heavy (non-hydrogen) atoms. The first kappa shape index (κ1) is 32.5. The first-order chi connectivity index (χ1) is 21.2. The highest BCUT2D eigenvalue weighted by Crippen LogP contribution is 2.22. The molecule has 0 spiro atoms. The van der Waals surface area contributed by atoms with E-state index in [0.29, 0.717) is 0 Å². The lowest BCUT2D eigenvalue weighted by Crippen LogP contribution is -2.55. The molecule has 3 N–H and O–H groups in total.